The predicted octanol–water partition coefficient (Wildman–Crippen LogP) is 1.92. The van der Waals surface area contributed by atoms with Gasteiger partial charge in [0.2, 0.25) is 0 Å². The second kappa shape index (κ2) is 2.56. The van der Waals surface area contributed by atoms with Gasteiger partial charge in [-0.1, -0.05) is 6.92 Å². The first-order valence-electron chi connectivity index (χ1n) is 4.82. The van der Waals surface area contributed by atoms with Crippen LogP contribution in [0.15, 0.2) is 0 Å². The molecule has 68 valence electrons. The zero-order valence-electron chi connectivity index (χ0n) is 7.80. The number of ether oxygens (including phenoxy) is 1. The Hall–Kier alpha value is -0.370. The first kappa shape index (κ1) is 8.24. The Bertz CT molecular complexity index is 212. The molecule has 1 saturated carbocycles. The summed E-state index contributed by atoms with van der Waals surface area (Å²) < 4.78 is 5.76. The van der Waals surface area contributed by atoms with Gasteiger partial charge in [-0.25, -0.2) is 0 Å². The highest BCUT2D eigenvalue weighted by atomic mass is 16.5. The standard InChI is InChI=1S/C10H16O2/c1-7-5-6-10(2)8(11)3-4-9(10)12-7/h7,9H,3-6H2,1-2H3/t7-,9?,10-/m1/s1. The molecule has 0 aromatic rings. The molecular weight excluding hydrogens is 152 g/mol. The predicted molar refractivity (Wildman–Crippen MR) is 45.9 cm³/mol. The number of rotatable bonds is 0. The topological polar surface area (TPSA) is 26.3 Å². The molecule has 0 bridgehead atoms. The van der Waals surface area contributed by atoms with Crippen LogP contribution in [0.2, 0.25) is 0 Å². The van der Waals surface area contributed by atoms with Crippen LogP contribution in [0.5, 0.6) is 0 Å². The van der Waals surface area contributed by atoms with Gasteiger partial charge >= 0.3 is 0 Å². The van der Waals surface area contributed by atoms with E-state index in [0.29, 0.717) is 11.9 Å². The molecule has 1 unspecified atom stereocenters. The average molecular weight is 168 g/mol. The van der Waals surface area contributed by atoms with Gasteiger partial charge in [-0.3, -0.25) is 4.79 Å². The van der Waals surface area contributed by atoms with E-state index in [0.717, 1.165) is 25.7 Å². The van der Waals surface area contributed by atoms with E-state index in [1.54, 1.807) is 0 Å². The van der Waals surface area contributed by atoms with E-state index in [4.69, 9.17) is 4.74 Å². The number of fused-ring (bicyclic) bond motifs is 1. The molecular formula is C10H16O2. The van der Waals surface area contributed by atoms with Crippen molar-refractivity contribution in [3.8, 4) is 0 Å². The summed E-state index contributed by atoms with van der Waals surface area (Å²) in [5, 5.41) is 0. The van der Waals surface area contributed by atoms with Gasteiger partial charge in [0.05, 0.1) is 17.6 Å². The molecule has 2 aliphatic rings. The zero-order valence-corrected chi connectivity index (χ0v) is 7.80. The molecule has 0 N–H and O–H groups in total. The van der Waals surface area contributed by atoms with Crippen LogP contribution in [0.25, 0.3) is 0 Å². The Morgan fingerprint density at radius 2 is 2.25 bits per heavy atom. The van der Waals surface area contributed by atoms with E-state index in [9.17, 15) is 4.79 Å². The van der Waals surface area contributed by atoms with Gasteiger partial charge in [0.15, 0.2) is 0 Å². The number of hydrogen-bond acceptors (Lipinski definition) is 2. The largest absolute Gasteiger partial charge is 0.374 e. The summed E-state index contributed by atoms with van der Waals surface area (Å²) in [6.07, 6.45) is 4.31. The second-order valence-corrected chi connectivity index (χ2v) is 4.35. The Labute approximate surface area is 73.3 Å². The molecule has 1 heterocycles. The minimum atomic E-state index is -0.132. The quantitative estimate of drug-likeness (QED) is 0.552. The summed E-state index contributed by atoms with van der Waals surface area (Å²) in [6.45, 7) is 4.17. The van der Waals surface area contributed by atoms with E-state index < -0.39 is 0 Å². The Balaban J connectivity index is 2.19. The molecule has 2 heteroatoms. The smallest absolute Gasteiger partial charge is 0.141 e. The van der Waals surface area contributed by atoms with Gasteiger partial charge in [-0.05, 0) is 26.2 Å². The van der Waals surface area contributed by atoms with Crippen molar-refractivity contribution in [1.29, 1.82) is 0 Å². The molecule has 3 atom stereocenters. The maximum atomic E-state index is 11.6. The third-order valence-electron chi connectivity index (χ3n) is 3.45. The minimum absolute atomic E-state index is 0.132. The van der Waals surface area contributed by atoms with Crippen LogP contribution >= 0.6 is 0 Å². The van der Waals surface area contributed by atoms with Gasteiger partial charge < -0.3 is 4.74 Å². The lowest BCUT2D eigenvalue weighted by Crippen LogP contribution is -2.41. The lowest BCUT2D eigenvalue weighted by atomic mass is 9.78. The minimum Gasteiger partial charge on any atom is -0.374 e. The molecule has 2 rings (SSSR count). The van der Waals surface area contributed by atoms with Crippen LogP contribution in [0.3, 0.4) is 0 Å². The maximum Gasteiger partial charge on any atom is 0.141 e. The highest BCUT2D eigenvalue weighted by Crippen LogP contribution is 2.44. The van der Waals surface area contributed by atoms with Gasteiger partial charge in [-0.15, -0.1) is 0 Å². The molecule has 0 aromatic heterocycles. The fraction of sp³-hybridized carbons (Fsp3) is 0.900. The highest BCUT2D eigenvalue weighted by molar-refractivity contribution is 5.87. The summed E-state index contributed by atoms with van der Waals surface area (Å²) in [6, 6.07) is 0. The first-order valence-corrected chi connectivity index (χ1v) is 4.82. The van der Waals surface area contributed by atoms with E-state index in [1.807, 2.05) is 0 Å². The number of ketones is 1. The van der Waals surface area contributed by atoms with Gasteiger partial charge in [0.25, 0.3) is 0 Å². The summed E-state index contributed by atoms with van der Waals surface area (Å²) >= 11 is 0. The monoisotopic (exact) mass is 168 g/mol. The fourth-order valence-corrected chi connectivity index (χ4v) is 2.42. The molecule has 1 aliphatic heterocycles. The fourth-order valence-electron chi connectivity index (χ4n) is 2.42. The number of carbonyl (C=O) groups excluding carboxylic acids is 1. The van der Waals surface area contributed by atoms with E-state index >= 15 is 0 Å². The van der Waals surface area contributed by atoms with Crippen LogP contribution < -0.4 is 0 Å². The van der Waals surface area contributed by atoms with Crippen LogP contribution in [0, 0.1) is 5.41 Å². The SMILES string of the molecule is C[C@@H]1CC[C@]2(C)C(=O)CCC2O1. The average Bonchev–Trinajstić information content (AvgIpc) is 2.31. The van der Waals surface area contributed by atoms with Crippen LogP contribution in [-0.2, 0) is 9.53 Å². The van der Waals surface area contributed by atoms with Crippen molar-refractivity contribution in [2.45, 2.75) is 51.7 Å². The molecule has 1 aliphatic carbocycles. The number of carbonyl (C=O) groups is 1. The van der Waals surface area contributed by atoms with Crippen LogP contribution in [-0.4, -0.2) is 18.0 Å². The zero-order chi connectivity index (χ0) is 8.77. The normalized spacial score (nSPS) is 47.7. The van der Waals surface area contributed by atoms with E-state index in [1.165, 1.54) is 0 Å². The Morgan fingerprint density at radius 1 is 1.50 bits per heavy atom. The third kappa shape index (κ3) is 1.01. The van der Waals surface area contributed by atoms with E-state index in [-0.39, 0.29) is 11.5 Å². The number of Topliss-reactive ketones (excluding diaryl/α,β-unsaturated/α-hetero) is 1. The van der Waals surface area contributed by atoms with Gasteiger partial charge in [0.1, 0.15) is 5.78 Å². The molecule has 0 amide bonds. The molecule has 2 nitrogen and oxygen atoms in total. The summed E-state index contributed by atoms with van der Waals surface area (Å²) in [7, 11) is 0. The molecule has 0 radical (unpaired) electrons. The van der Waals surface area contributed by atoms with Crippen molar-refractivity contribution in [1.82, 2.24) is 0 Å². The lowest BCUT2D eigenvalue weighted by molar-refractivity contribution is -0.141. The van der Waals surface area contributed by atoms with Crippen LogP contribution in [0.1, 0.15) is 39.5 Å². The molecule has 12 heavy (non-hydrogen) atoms. The van der Waals surface area contributed by atoms with Crippen molar-refractivity contribution >= 4 is 5.78 Å². The van der Waals surface area contributed by atoms with Crippen molar-refractivity contribution in [2.24, 2.45) is 5.41 Å². The van der Waals surface area contributed by atoms with Crippen LogP contribution in [0.4, 0.5) is 0 Å². The van der Waals surface area contributed by atoms with Crippen molar-refractivity contribution in [2.75, 3.05) is 0 Å². The van der Waals surface area contributed by atoms with Crippen molar-refractivity contribution in [3.63, 3.8) is 0 Å². The lowest BCUT2D eigenvalue weighted by Gasteiger charge is -2.37. The van der Waals surface area contributed by atoms with Crippen molar-refractivity contribution < 1.29 is 9.53 Å². The van der Waals surface area contributed by atoms with Gasteiger partial charge in [0, 0.05) is 6.42 Å². The first-order chi connectivity index (χ1) is 5.63. The molecule has 0 aromatic carbocycles. The van der Waals surface area contributed by atoms with Gasteiger partial charge in [-0.2, -0.15) is 0 Å². The molecule has 0 spiro atoms. The number of hydrogen-bond donors (Lipinski definition) is 0. The second-order valence-electron chi connectivity index (χ2n) is 4.35. The third-order valence-corrected chi connectivity index (χ3v) is 3.45. The highest BCUT2D eigenvalue weighted by Gasteiger charge is 2.49. The summed E-state index contributed by atoms with van der Waals surface area (Å²) in [4.78, 5) is 11.6. The van der Waals surface area contributed by atoms with Crippen molar-refractivity contribution in [3.05, 3.63) is 0 Å². The molecule has 1 saturated heterocycles. The summed E-state index contributed by atoms with van der Waals surface area (Å²) in [5.74, 6) is 0.416. The maximum absolute atomic E-state index is 11.6. The Morgan fingerprint density at radius 3 is 3.00 bits per heavy atom. The van der Waals surface area contributed by atoms with E-state index in [2.05, 4.69) is 13.8 Å². The molecule has 2 fully saturated rings. The summed E-state index contributed by atoms with van der Waals surface area (Å²) in [5.41, 5.74) is -0.132. The Kier molecular flexibility index (Phi) is 1.76.